The molecule has 0 aliphatic carbocycles. The van der Waals surface area contributed by atoms with Crippen molar-refractivity contribution in [1.29, 1.82) is 0 Å². The lowest BCUT2D eigenvalue weighted by Gasteiger charge is -2.06. The summed E-state index contributed by atoms with van der Waals surface area (Å²) in [6.07, 6.45) is 0. The Morgan fingerprint density at radius 2 is 1.73 bits per heavy atom. The Morgan fingerprint density at radius 1 is 0.864 bits per heavy atom. The fourth-order valence-corrected chi connectivity index (χ4v) is 2.76. The van der Waals surface area contributed by atoms with E-state index in [1.54, 1.807) is 12.1 Å². The van der Waals surface area contributed by atoms with Gasteiger partial charge in [0.25, 0.3) is 0 Å². The van der Waals surface area contributed by atoms with Gasteiger partial charge in [0.2, 0.25) is 0 Å². The van der Waals surface area contributed by atoms with Crippen LogP contribution in [0.4, 0.5) is 5.69 Å². The van der Waals surface area contributed by atoms with Gasteiger partial charge in [0.05, 0.1) is 5.39 Å². The molecule has 106 valence electrons. The summed E-state index contributed by atoms with van der Waals surface area (Å²) >= 11 is 0. The van der Waals surface area contributed by atoms with E-state index in [9.17, 15) is 4.79 Å². The molecule has 0 spiro atoms. The molecule has 3 aromatic carbocycles. The quantitative estimate of drug-likeness (QED) is 0.422. The molecule has 4 aromatic rings. The summed E-state index contributed by atoms with van der Waals surface area (Å²) < 4.78 is 5.94. The highest BCUT2D eigenvalue weighted by Crippen LogP contribution is 2.27. The summed E-state index contributed by atoms with van der Waals surface area (Å²) in [4.78, 5) is 12.6. The van der Waals surface area contributed by atoms with E-state index in [-0.39, 0.29) is 5.43 Å². The van der Waals surface area contributed by atoms with Gasteiger partial charge in [0, 0.05) is 17.3 Å². The van der Waals surface area contributed by atoms with Crippen LogP contribution in [-0.2, 0) is 0 Å². The first-order chi connectivity index (χ1) is 10.7. The molecule has 0 bridgehead atoms. The molecule has 0 amide bonds. The van der Waals surface area contributed by atoms with Crippen LogP contribution in [0.3, 0.4) is 0 Å². The van der Waals surface area contributed by atoms with E-state index in [0.29, 0.717) is 22.4 Å². The number of benzene rings is 3. The fraction of sp³-hybridized carbons (Fsp3) is 0. The second-order valence-corrected chi connectivity index (χ2v) is 5.26. The largest absolute Gasteiger partial charge is 0.456 e. The second-order valence-electron chi connectivity index (χ2n) is 5.26. The first-order valence-corrected chi connectivity index (χ1v) is 7.04. The van der Waals surface area contributed by atoms with Crippen LogP contribution < -0.4 is 11.2 Å². The lowest BCUT2D eigenvalue weighted by molar-refractivity contribution is 0.619. The molecule has 1 heterocycles. The number of hydrogen-bond donors (Lipinski definition) is 1. The zero-order valence-corrected chi connectivity index (χ0v) is 11.7. The molecule has 0 atom stereocenters. The molecule has 2 N–H and O–H groups in total. The van der Waals surface area contributed by atoms with Crippen LogP contribution in [-0.4, -0.2) is 0 Å². The Bertz CT molecular complexity index is 1060. The summed E-state index contributed by atoms with van der Waals surface area (Å²) in [6.45, 7) is 0. The standard InChI is InChI=1S/C19H13NO2/c20-14-6-3-5-13(10-14)18-11-16(21)19-15-7-2-1-4-12(15)8-9-17(19)22-18/h1-11H,20H2. The van der Waals surface area contributed by atoms with Gasteiger partial charge in [-0.15, -0.1) is 0 Å². The summed E-state index contributed by atoms with van der Waals surface area (Å²) in [6, 6.07) is 20.5. The highest BCUT2D eigenvalue weighted by molar-refractivity contribution is 6.05. The maximum Gasteiger partial charge on any atom is 0.193 e. The van der Waals surface area contributed by atoms with Crippen LogP contribution >= 0.6 is 0 Å². The molecule has 0 aliphatic heterocycles. The summed E-state index contributed by atoms with van der Waals surface area (Å²) in [5.74, 6) is 0.528. The zero-order valence-electron chi connectivity index (χ0n) is 11.7. The molecule has 0 unspecified atom stereocenters. The molecule has 0 saturated carbocycles. The minimum atomic E-state index is -0.0459. The lowest BCUT2D eigenvalue weighted by Crippen LogP contribution is -2.01. The third-order valence-corrected chi connectivity index (χ3v) is 3.79. The van der Waals surface area contributed by atoms with Crippen LogP contribution in [0.25, 0.3) is 33.1 Å². The molecule has 0 aliphatic rings. The number of hydrogen-bond acceptors (Lipinski definition) is 3. The number of anilines is 1. The van der Waals surface area contributed by atoms with Crippen molar-refractivity contribution in [1.82, 2.24) is 0 Å². The van der Waals surface area contributed by atoms with Crippen molar-refractivity contribution in [3.05, 3.63) is 77.0 Å². The van der Waals surface area contributed by atoms with E-state index in [2.05, 4.69) is 0 Å². The highest BCUT2D eigenvalue weighted by atomic mass is 16.3. The van der Waals surface area contributed by atoms with Crippen LogP contribution in [0.1, 0.15) is 0 Å². The predicted molar refractivity (Wildman–Crippen MR) is 89.8 cm³/mol. The number of fused-ring (bicyclic) bond motifs is 3. The average molecular weight is 287 g/mol. The van der Waals surface area contributed by atoms with E-state index in [0.717, 1.165) is 16.3 Å². The van der Waals surface area contributed by atoms with Crippen molar-refractivity contribution >= 4 is 27.4 Å². The van der Waals surface area contributed by atoms with Crippen molar-refractivity contribution in [3.8, 4) is 11.3 Å². The van der Waals surface area contributed by atoms with Gasteiger partial charge < -0.3 is 10.2 Å². The third kappa shape index (κ3) is 1.95. The molecule has 22 heavy (non-hydrogen) atoms. The van der Waals surface area contributed by atoms with Crippen molar-refractivity contribution in [2.75, 3.05) is 5.73 Å². The maximum atomic E-state index is 12.6. The van der Waals surface area contributed by atoms with Crippen molar-refractivity contribution in [3.63, 3.8) is 0 Å². The Labute approximate surface area is 126 Å². The molecule has 1 aromatic heterocycles. The average Bonchev–Trinajstić information content (AvgIpc) is 2.54. The highest BCUT2D eigenvalue weighted by Gasteiger charge is 2.10. The molecule has 3 nitrogen and oxygen atoms in total. The Hall–Kier alpha value is -3.07. The van der Waals surface area contributed by atoms with Gasteiger partial charge >= 0.3 is 0 Å². The van der Waals surface area contributed by atoms with E-state index in [4.69, 9.17) is 10.2 Å². The lowest BCUT2D eigenvalue weighted by atomic mass is 10.0. The van der Waals surface area contributed by atoms with Crippen LogP contribution in [0.15, 0.2) is 75.9 Å². The SMILES string of the molecule is Nc1cccc(-c2cc(=O)c3c(ccc4ccccc43)o2)c1. The molecule has 0 saturated heterocycles. The van der Waals surface area contributed by atoms with Crippen molar-refractivity contribution in [2.24, 2.45) is 0 Å². The van der Waals surface area contributed by atoms with Gasteiger partial charge in [-0.05, 0) is 29.0 Å². The molecular formula is C19H13NO2. The Kier molecular flexibility index (Phi) is 2.73. The minimum absolute atomic E-state index is 0.0459. The number of nitrogen functional groups attached to an aromatic ring is 1. The number of rotatable bonds is 1. The van der Waals surface area contributed by atoms with E-state index in [1.807, 2.05) is 48.5 Å². The third-order valence-electron chi connectivity index (χ3n) is 3.79. The van der Waals surface area contributed by atoms with Crippen molar-refractivity contribution in [2.45, 2.75) is 0 Å². The second kappa shape index (κ2) is 4.74. The van der Waals surface area contributed by atoms with Gasteiger partial charge in [-0.3, -0.25) is 4.79 Å². The predicted octanol–water partition coefficient (Wildman–Crippen LogP) is 4.20. The fourth-order valence-electron chi connectivity index (χ4n) is 2.76. The maximum absolute atomic E-state index is 12.6. The summed E-state index contributed by atoms with van der Waals surface area (Å²) in [5.41, 5.74) is 7.78. The van der Waals surface area contributed by atoms with Crippen molar-refractivity contribution < 1.29 is 4.42 Å². The monoisotopic (exact) mass is 287 g/mol. The molecule has 0 fully saturated rings. The molecule has 3 heteroatoms. The van der Waals surface area contributed by atoms with Gasteiger partial charge in [-0.2, -0.15) is 0 Å². The van der Waals surface area contributed by atoms with E-state index in [1.165, 1.54) is 6.07 Å². The molecular weight excluding hydrogens is 274 g/mol. The van der Waals surface area contributed by atoms with Gasteiger partial charge in [-0.1, -0.05) is 42.5 Å². The Balaban J connectivity index is 2.06. The zero-order chi connectivity index (χ0) is 15.1. The van der Waals surface area contributed by atoms with E-state index < -0.39 is 0 Å². The van der Waals surface area contributed by atoms with Crippen LogP contribution in [0.2, 0.25) is 0 Å². The van der Waals surface area contributed by atoms with Gasteiger partial charge in [0.15, 0.2) is 5.43 Å². The molecule has 0 radical (unpaired) electrons. The smallest absolute Gasteiger partial charge is 0.193 e. The van der Waals surface area contributed by atoms with Gasteiger partial charge in [-0.25, -0.2) is 0 Å². The summed E-state index contributed by atoms with van der Waals surface area (Å²) in [5, 5.41) is 2.55. The van der Waals surface area contributed by atoms with Gasteiger partial charge in [0.1, 0.15) is 11.3 Å². The minimum Gasteiger partial charge on any atom is -0.456 e. The van der Waals surface area contributed by atoms with Crippen LogP contribution in [0, 0.1) is 0 Å². The van der Waals surface area contributed by atoms with E-state index >= 15 is 0 Å². The van der Waals surface area contributed by atoms with Crippen LogP contribution in [0.5, 0.6) is 0 Å². The summed E-state index contributed by atoms with van der Waals surface area (Å²) in [7, 11) is 0. The topological polar surface area (TPSA) is 56.2 Å². The first-order valence-electron chi connectivity index (χ1n) is 7.04. The first kappa shape index (κ1) is 12.7. The number of nitrogens with two attached hydrogens (primary N) is 1. The Morgan fingerprint density at radius 3 is 2.59 bits per heavy atom. The normalized spacial score (nSPS) is 11.1. The molecule has 4 rings (SSSR count).